The van der Waals surface area contributed by atoms with Gasteiger partial charge in [-0.2, -0.15) is 0 Å². The molecule has 3 aromatic rings. The van der Waals surface area contributed by atoms with Crippen molar-refractivity contribution in [2.75, 3.05) is 13.1 Å². The Hall–Kier alpha value is -3.75. The molecule has 9 heteroatoms. The monoisotopic (exact) mass is 436 g/mol. The molecule has 2 fully saturated rings. The molecule has 2 saturated heterocycles. The van der Waals surface area contributed by atoms with Crippen LogP contribution in [0.25, 0.3) is 11.0 Å². The number of carbonyl (C=O) groups excluding carboxylic acids is 3. The van der Waals surface area contributed by atoms with Crippen LogP contribution < -0.4 is 10.6 Å². The molecule has 1 aromatic heterocycles. The number of imide groups is 1. The average Bonchev–Trinajstić information content (AvgIpc) is 3.33. The fourth-order valence-corrected chi connectivity index (χ4v) is 4.46. The molecule has 0 radical (unpaired) electrons. The minimum absolute atomic E-state index is 0.0906. The molecule has 0 bridgehead atoms. The van der Waals surface area contributed by atoms with E-state index >= 15 is 0 Å². The summed E-state index contributed by atoms with van der Waals surface area (Å²) >= 11 is 0. The van der Waals surface area contributed by atoms with Crippen molar-refractivity contribution >= 4 is 28.8 Å². The lowest BCUT2D eigenvalue weighted by molar-refractivity contribution is -0.123. The van der Waals surface area contributed by atoms with Crippen LogP contribution in [0.5, 0.6) is 0 Å². The Morgan fingerprint density at radius 2 is 1.88 bits per heavy atom. The number of aromatic nitrogens is 1. The summed E-state index contributed by atoms with van der Waals surface area (Å²) in [6.07, 6.45) is 1.46. The van der Waals surface area contributed by atoms with Gasteiger partial charge >= 0.3 is 6.03 Å². The van der Waals surface area contributed by atoms with Crippen LogP contribution in [-0.4, -0.2) is 41.0 Å². The zero-order chi connectivity index (χ0) is 22.5. The lowest BCUT2D eigenvalue weighted by Gasteiger charge is -2.31. The largest absolute Gasteiger partial charge is 0.356 e. The van der Waals surface area contributed by atoms with Gasteiger partial charge in [-0.25, -0.2) is 9.18 Å². The predicted molar refractivity (Wildman–Crippen MR) is 112 cm³/mol. The van der Waals surface area contributed by atoms with Gasteiger partial charge in [0, 0.05) is 36.0 Å². The number of hydrogen-bond acceptors (Lipinski definition) is 5. The van der Waals surface area contributed by atoms with Crippen molar-refractivity contribution in [3.63, 3.8) is 0 Å². The highest BCUT2D eigenvalue weighted by Crippen LogP contribution is 2.33. The number of amides is 4. The molecule has 3 heterocycles. The second kappa shape index (κ2) is 7.44. The molecule has 0 spiro atoms. The van der Waals surface area contributed by atoms with Gasteiger partial charge in [-0.15, -0.1) is 0 Å². The Morgan fingerprint density at radius 3 is 2.53 bits per heavy atom. The van der Waals surface area contributed by atoms with E-state index in [9.17, 15) is 18.8 Å². The number of carbonyl (C=O) groups is 3. The molecular formula is C23H21FN4O4. The summed E-state index contributed by atoms with van der Waals surface area (Å²) in [5.41, 5.74) is 1.20. The van der Waals surface area contributed by atoms with Crippen LogP contribution in [-0.2, 0) is 10.3 Å². The van der Waals surface area contributed by atoms with Crippen LogP contribution in [0.15, 0.2) is 47.0 Å². The van der Waals surface area contributed by atoms with Gasteiger partial charge in [0.1, 0.15) is 11.4 Å². The molecule has 2 aliphatic rings. The standard InChI is InChI=1S/C23H21FN4O4/c1-23(21(30)25-22(31)26-23)15-4-2-14(3-5-15)20(29)28-10-8-13(9-11-28)19-17-7-6-16(24)12-18(17)32-27-19/h2-7,12-13H,8-11H2,1H3,(H2,25,26,30,31). The van der Waals surface area contributed by atoms with Crippen molar-refractivity contribution in [3.05, 3.63) is 65.1 Å². The minimum atomic E-state index is -1.15. The lowest BCUT2D eigenvalue weighted by atomic mass is 9.90. The maximum atomic E-state index is 13.4. The Labute approximate surface area is 182 Å². The zero-order valence-electron chi connectivity index (χ0n) is 17.4. The summed E-state index contributed by atoms with van der Waals surface area (Å²) in [6.45, 7) is 2.75. The van der Waals surface area contributed by atoms with Crippen molar-refractivity contribution in [1.82, 2.24) is 20.7 Å². The Balaban J connectivity index is 1.26. The number of benzene rings is 2. The first-order valence-corrected chi connectivity index (χ1v) is 10.4. The topological polar surface area (TPSA) is 105 Å². The van der Waals surface area contributed by atoms with Crippen LogP contribution in [0, 0.1) is 5.82 Å². The number of rotatable bonds is 3. The maximum absolute atomic E-state index is 13.4. The van der Waals surface area contributed by atoms with Crippen LogP contribution in [0.2, 0.25) is 0 Å². The summed E-state index contributed by atoms with van der Waals surface area (Å²) < 4.78 is 18.7. The predicted octanol–water partition coefficient (Wildman–Crippen LogP) is 3.04. The number of halogens is 1. The third-order valence-corrected chi connectivity index (χ3v) is 6.38. The third-order valence-electron chi connectivity index (χ3n) is 6.38. The Kier molecular flexibility index (Phi) is 4.69. The van der Waals surface area contributed by atoms with E-state index in [0.29, 0.717) is 29.8 Å². The maximum Gasteiger partial charge on any atom is 0.322 e. The molecular weight excluding hydrogens is 415 g/mol. The zero-order valence-corrected chi connectivity index (χ0v) is 17.4. The van der Waals surface area contributed by atoms with E-state index in [-0.39, 0.29) is 17.6 Å². The second-order valence-corrected chi connectivity index (χ2v) is 8.39. The first-order chi connectivity index (χ1) is 15.3. The Morgan fingerprint density at radius 1 is 1.16 bits per heavy atom. The van der Waals surface area contributed by atoms with Crippen LogP contribution >= 0.6 is 0 Å². The van der Waals surface area contributed by atoms with E-state index in [4.69, 9.17) is 4.52 Å². The molecule has 4 amide bonds. The SMILES string of the molecule is CC1(c2ccc(C(=O)N3CCC(c4noc5cc(F)ccc45)CC3)cc2)NC(=O)NC1=O. The smallest absolute Gasteiger partial charge is 0.322 e. The van der Waals surface area contributed by atoms with Crippen LogP contribution in [0.4, 0.5) is 9.18 Å². The van der Waals surface area contributed by atoms with E-state index in [0.717, 1.165) is 23.9 Å². The van der Waals surface area contributed by atoms with E-state index < -0.39 is 17.5 Å². The van der Waals surface area contributed by atoms with Crippen molar-refractivity contribution in [2.45, 2.75) is 31.2 Å². The molecule has 2 aromatic carbocycles. The highest BCUT2D eigenvalue weighted by molar-refractivity contribution is 6.07. The van der Waals surface area contributed by atoms with Gasteiger partial charge in [0.05, 0.1) is 5.69 Å². The molecule has 8 nitrogen and oxygen atoms in total. The molecule has 1 unspecified atom stereocenters. The number of fused-ring (bicyclic) bond motifs is 1. The quantitative estimate of drug-likeness (QED) is 0.614. The fourth-order valence-electron chi connectivity index (χ4n) is 4.46. The Bertz CT molecular complexity index is 1230. The fraction of sp³-hybridized carbons (Fsp3) is 0.304. The molecule has 2 aliphatic heterocycles. The summed E-state index contributed by atoms with van der Waals surface area (Å²) in [4.78, 5) is 38.4. The average molecular weight is 436 g/mol. The van der Waals surface area contributed by atoms with Crippen LogP contribution in [0.3, 0.4) is 0 Å². The van der Waals surface area contributed by atoms with E-state index in [1.807, 2.05) is 0 Å². The van der Waals surface area contributed by atoms with Crippen molar-refractivity contribution in [1.29, 1.82) is 0 Å². The van der Waals surface area contributed by atoms with Gasteiger partial charge in [-0.05, 0) is 49.6 Å². The number of nitrogens with zero attached hydrogens (tertiary/aromatic N) is 2. The van der Waals surface area contributed by atoms with Crippen molar-refractivity contribution in [3.8, 4) is 0 Å². The number of nitrogens with one attached hydrogen (secondary N) is 2. The van der Waals surface area contributed by atoms with Crippen molar-refractivity contribution < 1.29 is 23.3 Å². The molecule has 0 saturated carbocycles. The van der Waals surface area contributed by atoms with Gasteiger partial charge in [-0.1, -0.05) is 17.3 Å². The van der Waals surface area contributed by atoms with E-state index in [1.54, 1.807) is 42.2 Å². The molecule has 32 heavy (non-hydrogen) atoms. The minimum Gasteiger partial charge on any atom is -0.356 e. The van der Waals surface area contributed by atoms with Gasteiger partial charge in [-0.3, -0.25) is 14.9 Å². The van der Waals surface area contributed by atoms with E-state index in [2.05, 4.69) is 15.8 Å². The highest BCUT2D eigenvalue weighted by atomic mass is 19.1. The first-order valence-electron chi connectivity index (χ1n) is 10.4. The number of likely N-dealkylation sites (tertiary alicyclic amines) is 1. The van der Waals surface area contributed by atoms with Gasteiger partial charge < -0.3 is 14.7 Å². The number of hydrogen-bond donors (Lipinski definition) is 2. The summed E-state index contributed by atoms with van der Waals surface area (Å²) in [7, 11) is 0. The normalized spacial score (nSPS) is 21.6. The molecule has 2 N–H and O–H groups in total. The van der Waals surface area contributed by atoms with Crippen LogP contribution in [0.1, 0.15) is 47.3 Å². The highest BCUT2D eigenvalue weighted by Gasteiger charge is 2.43. The first kappa shape index (κ1) is 20.2. The summed E-state index contributed by atoms with van der Waals surface area (Å²) in [5, 5.41) is 9.80. The number of urea groups is 1. The third kappa shape index (κ3) is 3.30. The van der Waals surface area contributed by atoms with Crippen molar-refractivity contribution in [2.24, 2.45) is 0 Å². The second-order valence-electron chi connectivity index (χ2n) is 8.39. The molecule has 5 rings (SSSR count). The van der Waals surface area contributed by atoms with E-state index in [1.165, 1.54) is 12.1 Å². The molecule has 1 atom stereocenters. The lowest BCUT2D eigenvalue weighted by Crippen LogP contribution is -2.40. The summed E-state index contributed by atoms with van der Waals surface area (Å²) in [6, 6.07) is 10.6. The molecule has 0 aliphatic carbocycles. The summed E-state index contributed by atoms with van der Waals surface area (Å²) in [5.74, 6) is -0.743. The van der Waals surface area contributed by atoms with Gasteiger partial charge in [0.25, 0.3) is 11.8 Å². The van der Waals surface area contributed by atoms with Gasteiger partial charge in [0.2, 0.25) is 0 Å². The number of piperidine rings is 1. The van der Waals surface area contributed by atoms with Gasteiger partial charge in [0.15, 0.2) is 5.58 Å². The molecule has 164 valence electrons.